The van der Waals surface area contributed by atoms with Crippen LogP contribution in [0.4, 0.5) is 0 Å². The lowest BCUT2D eigenvalue weighted by atomic mass is 9.84. The molecule has 3 aliphatic rings. The second-order valence-corrected chi connectivity index (χ2v) is 5.66. The largest absolute Gasteiger partial charge is 0.475 e. The van der Waals surface area contributed by atoms with Crippen LogP contribution in [0.25, 0.3) is 0 Å². The predicted molar refractivity (Wildman–Crippen MR) is 70.2 cm³/mol. The van der Waals surface area contributed by atoms with Gasteiger partial charge in [0.05, 0.1) is 6.54 Å². The fourth-order valence-corrected chi connectivity index (χ4v) is 3.28. The Morgan fingerprint density at radius 2 is 2.26 bits per heavy atom. The van der Waals surface area contributed by atoms with Crippen molar-refractivity contribution in [1.82, 2.24) is 10.2 Å². The molecule has 0 amide bonds. The average Bonchev–Trinajstić information content (AvgIpc) is 2.79. The molecule has 1 aromatic heterocycles. The van der Waals surface area contributed by atoms with Crippen molar-refractivity contribution in [3.05, 3.63) is 23.2 Å². The molecule has 1 atom stereocenters. The molecule has 0 spiro atoms. The van der Waals surface area contributed by atoms with Crippen molar-refractivity contribution in [2.45, 2.75) is 32.4 Å². The number of hydrogen-bond donors (Lipinski definition) is 2. The molecule has 1 aromatic rings. The Morgan fingerprint density at radius 1 is 1.53 bits per heavy atom. The SMILES string of the molecule is Cc1cc(CNC2CN3CCC2CC3)oc1C(=O)O. The number of carboxylic acid groups (broad SMARTS) is 1. The van der Waals surface area contributed by atoms with Gasteiger partial charge in [0.15, 0.2) is 0 Å². The van der Waals surface area contributed by atoms with Crippen LogP contribution in [-0.4, -0.2) is 41.7 Å². The second kappa shape index (κ2) is 4.98. The molecule has 5 nitrogen and oxygen atoms in total. The molecule has 0 aliphatic carbocycles. The van der Waals surface area contributed by atoms with Crippen molar-refractivity contribution in [3.8, 4) is 0 Å². The van der Waals surface area contributed by atoms with Gasteiger partial charge in [-0.05, 0) is 44.8 Å². The third-order valence-corrected chi connectivity index (χ3v) is 4.36. The first kappa shape index (κ1) is 12.7. The minimum atomic E-state index is -0.994. The molecule has 2 bridgehead atoms. The van der Waals surface area contributed by atoms with Crippen LogP contribution in [-0.2, 0) is 6.54 Å². The van der Waals surface area contributed by atoms with Crippen molar-refractivity contribution in [3.63, 3.8) is 0 Å². The smallest absolute Gasteiger partial charge is 0.372 e. The minimum absolute atomic E-state index is 0.0608. The van der Waals surface area contributed by atoms with Crippen molar-refractivity contribution in [1.29, 1.82) is 0 Å². The fourth-order valence-electron chi connectivity index (χ4n) is 3.28. The summed E-state index contributed by atoms with van der Waals surface area (Å²) in [5.41, 5.74) is 0.693. The van der Waals surface area contributed by atoms with Crippen molar-refractivity contribution >= 4 is 5.97 Å². The van der Waals surface area contributed by atoms with Crippen molar-refractivity contribution in [2.75, 3.05) is 19.6 Å². The zero-order valence-electron chi connectivity index (χ0n) is 11.2. The lowest BCUT2D eigenvalue weighted by molar-refractivity contribution is 0.0652. The number of aromatic carboxylic acids is 1. The third-order valence-electron chi connectivity index (χ3n) is 4.36. The Labute approximate surface area is 112 Å². The zero-order valence-corrected chi connectivity index (χ0v) is 11.2. The number of nitrogens with one attached hydrogen (secondary N) is 1. The van der Waals surface area contributed by atoms with Gasteiger partial charge in [-0.15, -0.1) is 0 Å². The summed E-state index contributed by atoms with van der Waals surface area (Å²) >= 11 is 0. The summed E-state index contributed by atoms with van der Waals surface area (Å²) in [6.07, 6.45) is 2.55. The van der Waals surface area contributed by atoms with Crippen LogP contribution in [0.1, 0.15) is 34.7 Å². The number of hydrogen-bond acceptors (Lipinski definition) is 4. The molecule has 3 fully saturated rings. The highest BCUT2D eigenvalue weighted by atomic mass is 16.4. The average molecular weight is 264 g/mol. The molecule has 0 saturated carbocycles. The van der Waals surface area contributed by atoms with Gasteiger partial charge in [-0.3, -0.25) is 0 Å². The van der Waals surface area contributed by atoms with Gasteiger partial charge in [-0.1, -0.05) is 0 Å². The van der Waals surface area contributed by atoms with E-state index in [4.69, 9.17) is 9.52 Å². The summed E-state index contributed by atoms with van der Waals surface area (Å²) in [6.45, 7) is 5.95. The summed E-state index contributed by atoms with van der Waals surface area (Å²) in [5, 5.41) is 12.5. The Balaban J connectivity index is 1.60. The molecule has 5 heteroatoms. The monoisotopic (exact) mass is 264 g/mol. The van der Waals surface area contributed by atoms with Crippen LogP contribution >= 0.6 is 0 Å². The molecule has 1 unspecified atom stereocenters. The highest BCUT2D eigenvalue weighted by molar-refractivity contribution is 5.86. The Bertz CT molecular complexity index is 475. The van der Waals surface area contributed by atoms with E-state index in [0.29, 0.717) is 23.9 Å². The quantitative estimate of drug-likeness (QED) is 0.862. The predicted octanol–water partition coefficient (Wildman–Crippen LogP) is 1.47. The highest BCUT2D eigenvalue weighted by Crippen LogP contribution is 2.27. The molecule has 2 N–H and O–H groups in total. The summed E-state index contributed by atoms with van der Waals surface area (Å²) in [7, 11) is 0. The van der Waals surface area contributed by atoms with E-state index < -0.39 is 5.97 Å². The topological polar surface area (TPSA) is 65.7 Å². The molecule has 4 heterocycles. The van der Waals surface area contributed by atoms with Gasteiger partial charge in [0.1, 0.15) is 5.76 Å². The maximum atomic E-state index is 10.9. The maximum absolute atomic E-state index is 10.9. The van der Waals surface area contributed by atoms with E-state index in [1.54, 1.807) is 6.92 Å². The molecule has 104 valence electrons. The molecular weight excluding hydrogens is 244 g/mol. The minimum Gasteiger partial charge on any atom is -0.475 e. The van der Waals surface area contributed by atoms with Crippen LogP contribution in [0.3, 0.4) is 0 Å². The maximum Gasteiger partial charge on any atom is 0.372 e. The second-order valence-electron chi connectivity index (χ2n) is 5.66. The Morgan fingerprint density at radius 3 is 2.79 bits per heavy atom. The number of rotatable bonds is 4. The number of carboxylic acids is 1. The van der Waals surface area contributed by atoms with Gasteiger partial charge in [0.2, 0.25) is 5.76 Å². The molecule has 0 radical (unpaired) electrons. The molecule has 4 rings (SSSR count). The summed E-state index contributed by atoms with van der Waals surface area (Å²) in [6, 6.07) is 2.33. The third kappa shape index (κ3) is 2.53. The molecule has 0 aromatic carbocycles. The van der Waals surface area contributed by atoms with Gasteiger partial charge in [-0.2, -0.15) is 0 Å². The summed E-state index contributed by atoms with van der Waals surface area (Å²) in [5.74, 6) is 0.545. The first-order chi connectivity index (χ1) is 9.13. The zero-order chi connectivity index (χ0) is 13.4. The number of fused-ring (bicyclic) bond motifs is 3. The first-order valence-electron chi connectivity index (χ1n) is 6.92. The molecular formula is C14H20N2O3. The standard InChI is InChI=1S/C14H20N2O3/c1-9-6-11(19-13(9)14(17)18)7-15-12-8-16-4-2-10(12)3-5-16/h6,10,12,15H,2-5,7-8H2,1H3,(H,17,18). The number of piperidine rings is 3. The van der Waals surface area contributed by atoms with E-state index in [1.165, 1.54) is 25.9 Å². The Hall–Kier alpha value is -1.33. The summed E-state index contributed by atoms with van der Waals surface area (Å²) < 4.78 is 5.37. The van der Waals surface area contributed by atoms with Gasteiger partial charge in [0, 0.05) is 18.2 Å². The number of carbonyl (C=O) groups is 1. The Kier molecular flexibility index (Phi) is 3.33. The van der Waals surface area contributed by atoms with E-state index in [2.05, 4.69) is 10.2 Å². The fraction of sp³-hybridized carbons (Fsp3) is 0.643. The van der Waals surface area contributed by atoms with Gasteiger partial charge < -0.3 is 19.7 Å². The number of nitrogens with zero attached hydrogens (tertiary/aromatic N) is 1. The van der Waals surface area contributed by atoms with Gasteiger partial charge in [-0.25, -0.2) is 4.79 Å². The molecule has 3 saturated heterocycles. The van der Waals surface area contributed by atoms with Crippen LogP contribution in [0.15, 0.2) is 10.5 Å². The first-order valence-corrected chi connectivity index (χ1v) is 6.92. The van der Waals surface area contributed by atoms with Gasteiger partial charge in [0.25, 0.3) is 0 Å². The van der Waals surface area contributed by atoms with Crippen molar-refractivity contribution < 1.29 is 14.3 Å². The normalized spacial score (nSPS) is 29.6. The number of furan rings is 1. The van der Waals surface area contributed by atoms with E-state index in [1.807, 2.05) is 6.07 Å². The van der Waals surface area contributed by atoms with Crippen molar-refractivity contribution in [2.24, 2.45) is 5.92 Å². The molecule has 19 heavy (non-hydrogen) atoms. The van der Waals surface area contributed by atoms with Gasteiger partial charge >= 0.3 is 5.97 Å². The van der Waals surface area contributed by atoms with Crippen LogP contribution in [0, 0.1) is 12.8 Å². The van der Waals surface area contributed by atoms with Crippen LogP contribution in [0.5, 0.6) is 0 Å². The van der Waals surface area contributed by atoms with E-state index in [9.17, 15) is 4.79 Å². The van der Waals surface area contributed by atoms with Crippen LogP contribution in [0.2, 0.25) is 0 Å². The van der Waals surface area contributed by atoms with E-state index in [-0.39, 0.29) is 5.76 Å². The lowest BCUT2D eigenvalue weighted by Gasteiger charge is -2.45. The highest BCUT2D eigenvalue weighted by Gasteiger charge is 2.33. The van der Waals surface area contributed by atoms with E-state index >= 15 is 0 Å². The number of aryl methyl sites for hydroxylation is 1. The lowest BCUT2D eigenvalue weighted by Crippen LogP contribution is -2.55. The van der Waals surface area contributed by atoms with Crippen LogP contribution < -0.4 is 5.32 Å². The summed E-state index contributed by atoms with van der Waals surface area (Å²) in [4.78, 5) is 13.4. The molecule has 3 aliphatic heterocycles. The van der Waals surface area contributed by atoms with E-state index in [0.717, 1.165) is 12.5 Å².